The minimum absolute atomic E-state index is 0.306. The molecule has 20 heavy (non-hydrogen) atoms. The van der Waals surface area contributed by atoms with Gasteiger partial charge in [-0.2, -0.15) is 0 Å². The number of nitrogens with zero attached hydrogens (tertiary/aromatic N) is 3. The standard InChI is InChI=1S/C15H15N3O2/c1-9-7-16-5-4-12(9)14-17-8-11-6-10(15(19)20)2-3-13(11)18-14/h4-5,7-8,10H,2-3,6H2,1H3,(H,19,20). The third kappa shape index (κ3) is 2.27. The fourth-order valence-corrected chi connectivity index (χ4v) is 2.57. The van der Waals surface area contributed by atoms with Crippen LogP contribution in [0.4, 0.5) is 0 Å². The van der Waals surface area contributed by atoms with E-state index in [9.17, 15) is 4.79 Å². The molecule has 1 atom stereocenters. The van der Waals surface area contributed by atoms with E-state index in [2.05, 4.69) is 15.0 Å². The van der Waals surface area contributed by atoms with Crippen LogP contribution in [-0.2, 0) is 17.6 Å². The molecule has 3 rings (SSSR count). The summed E-state index contributed by atoms with van der Waals surface area (Å²) in [4.78, 5) is 24.1. The third-order valence-corrected chi connectivity index (χ3v) is 3.76. The second-order valence-corrected chi connectivity index (χ2v) is 5.13. The number of carboxylic acid groups (broad SMARTS) is 1. The Balaban J connectivity index is 1.96. The van der Waals surface area contributed by atoms with Crippen LogP contribution in [0.3, 0.4) is 0 Å². The lowest BCUT2D eigenvalue weighted by molar-refractivity contribution is -0.142. The average molecular weight is 269 g/mol. The second kappa shape index (κ2) is 5.00. The number of carbonyl (C=O) groups is 1. The molecule has 0 amide bonds. The minimum atomic E-state index is -0.732. The van der Waals surface area contributed by atoms with Gasteiger partial charge in [0.15, 0.2) is 5.82 Å². The number of aryl methyl sites for hydroxylation is 2. The summed E-state index contributed by atoms with van der Waals surface area (Å²) in [6, 6.07) is 1.90. The zero-order valence-electron chi connectivity index (χ0n) is 11.2. The summed E-state index contributed by atoms with van der Waals surface area (Å²) >= 11 is 0. The molecule has 2 heterocycles. The zero-order valence-corrected chi connectivity index (χ0v) is 11.2. The van der Waals surface area contributed by atoms with E-state index in [-0.39, 0.29) is 5.92 Å². The van der Waals surface area contributed by atoms with Crippen molar-refractivity contribution in [1.82, 2.24) is 15.0 Å². The number of hydrogen-bond donors (Lipinski definition) is 1. The van der Waals surface area contributed by atoms with E-state index in [0.29, 0.717) is 25.1 Å². The first-order valence-electron chi connectivity index (χ1n) is 6.63. The molecule has 5 heteroatoms. The Morgan fingerprint density at radius 2 is 2.25 bits per heavy atom. The first-order valence-corrected chi connectivity index (χ1v) is 6.63. The van der Waals surface area contributed by atoms with Gasteiger partial charge in [-0.15, -0.1) is 0 Å². The average Bonchev–Trinajstić information content (AvgIpc) is 2.46. The van der Waals surface area contributed by atoms with Crippen molar-refractivity contribution in [3.05, 3.63) is 41.5 Å². The molecule has 5 nitrogen and oxygen atoms in total. The van der Waals surface area contributed by atoms with Gasteiger partial charge in [0.05, 0.1) is 5.92 Å². The number of aromatic nitrogens is 3. The van der Waals surface area contributed by atoms with Gasteiger partial charge >= 0.3 is 5.97 Å². The molecule has 0 aliphatic heterocycles. The van der Waals surface area contributed by atoms with Crippen LogP contribution in [0.15, 0.2) is 24.7 Å². The molecule has 1 aliphatic carbocycles. The summed E-state index contributed by atoms with van der Waals surface area (Å²) in [7, 11) is 0. The van der Waals surface area contributed by atoms with Gasteiger partial charge in [0, 0.05) is 29.8 Å². The lowest BCUT2D eigenvalue weighted by atomic mass is 9.87. The summed E-state index contributed by atoms with van der Waals surface area (Å²) in [6.45, 7) is 1.98. The highest BCUT2D eigenvalue weighted by atomic mass is 16.4. The zero-order chi connectivity index (χ0) is 14.1. The van der Waals surface area contributed by atoms with E-state index < -0.39 is 5.97 Å². The summed E-state index contributed by atoms with van der Waals surface area (Å²) in [6.07, 6.45) is 7.16. The third-order valence-electron chi connectivity index (χ3n) is 3.76. The van der Waals surface area contributed by atoms with E-state index in [1.54, 1.807) is 18.6 Å². The van der Waals surface area contributed by atoms with Crippen molar-refractivity contribution in [2.45, 2.75) is 26.2 Å². The Morgan fingerprint density at radius 1 is 1.40 bits per heavy atom. The molecule has 0 fully saturated rings. The maximum Gasteiger partial charge on any atom is 0.306 e. The summed E-state index contributed by atoms with van der Waals surface area (Å²) in [5.41, 5.74) is 3.94. The van der Waals surface area contributed by atoms with Gasteiger partial charge in [-0.05, 0) is 43.4 Å². The molecule has 2 aromatic heterocycles. The van der Waals surface area contributed by atoms with Crippen molar-refractivity contribution >= 4 is 5.97 Å². The van der Waals surface area contributed by atoms with Gasteiger partial charge < -0.3 is 5.11 Å². The number of pyridine rings is 1. The van der Waals surface area contributed by atoms with Crippen molar-refractivity contribution in [2.75, 3.05) is 0 Å². The predicted octanol–water partition coefficient (Wildman–Crippen LogP) is 2.04. The number of carboxylic acids is 1. The lowest BCUT2D eigenvalue weighted by Gasteiger charge is -2.20. The van der Waals surface area contributed by atoms with Gasteiger partial charge in [-0.25, -0.2) is 9.97 Å². The van der Waals surface area contributed by atoms with Gasteiger partial charge in [0.25, 0.3) is 0 Å². The fraction of sp³-hybridized carbons (Fsp3) is 0.333. The Labute approximate surface area is 116 Å². The number of aliphatic carboxylic acids is 1. The molecular formula is C15H15N3O2. The molecule has 0 saturated carbocycles. The van der Waals surface area contributed by atoms with E-state index >= 15 is 0 Å². The highest BCUT2D eigenvalue weighted by Crippen LogP contribution is 2.26. The van der Waals surface area contributed by atoms with Gasteiger partial charge in [0.2, 0.25) is 0 Å². The van der Waals surface area contributed by atoms with E-state index in [4.69, 9.17) is 5.11 Å². The molecule has 102 valence electrons. The van der Waals surface area contributed by atoms with Crippen LogP contribution >= 0.6 is 0 Å². The van der Waals surface area contributed by atoms with Crippen LogP contribution in [0.2, 0.25) is 0 Å². The van der Waals surface area contributed by atoms with Crippen LogP contribution in [-0.4, -0.2) is 26.0 Å². The number of fused-ring (bicyclic) bond motifs is 1. The SMILES string of the molecule is Cc1cnccc1-c1ncc2c(n1)CCC(C(=O)O)C2. The first-order chi connectivity index (χ1) is 9.65. The van der Waals surface area contributed by atoms with Crippen molar-refractivity contribution in [3.8, 4) is 11.4 Å². The van der Waals surface area contributed by atoms with Crippen molar-refractivity contribution in [3.63, 3.8) is 0 Å². The van der Waals surface area contributed by atoms with Crippen LogP contribution < -0.4 is 0 Å². The van der Waals surface area contributed by atoms with E-state index in [1.807, 2.05) is 13.0 Å². The molecule has 0 bridgehead atoms. The quantitative estimate of drug-likeness (QED) is 0.902. The van der Waals surface area contributed by atoms with Gasteiger partial charge in [-0.3, -0.25) is 9.78 Å². The molecule has 0 aromatic carbocycles. The first kappa shape index (κ1) is 12.7. The Kier molecular flexibility index (Phi) is 3.18. The van der Waals surface area contributed by atoms with Crippen LogP contribution in [0.25, 0.3) is 11.4 Å². The Bertz CT molecular complexity index is 670. The fourth-order valence-electron chi connectivity index (χ4n) is 2.57. The van der Waals surface area contributed by atoms with E-state index in [0.717, 1.165) is 22.4 Å². The molecular weight excluding hydrogens is 254 g/mol. The monoisotopic (exact) mass is 269 g/mol. The number of rotatable bonds is 2. The predicted molar refractivity (Wildman–Crippen MR) is 73.2 cm³/mol. The van der Waals surface area contributed by atoms with E-state index in [1.165, 1.54) is 0 Å². The maximum absolute atomic E-state index is 11.0. The Morgan fingerprint density at radius 3 is 3.00 bits per heavy atom. The normalized spacial score (nSPS) is 17.6. The highest BCUT2D eigenvalue weighted by Gasteiger charge is 2.25. The largest absolute Gasteiger partial charge is 0.481 e. The second-order valence-electron chi connectivity index (χ2n) is 5.13. The van der Waals surface area contributed by atoms with Crippen LogP contribution in [0, 0.1) is 12.8 Å². The highest BCUT2D eigenvalue weighted by molar-refractivity contribution is 5.71. The van der Waals surface area contributed by atoms with Crippen molar-refractivity contribution < 1.29 is 9.90 Å². The summed E-state index contributed by atoms with van der Waals surface area (Å²) < 4.78 is 0. The molecule has 1 unspecified atom stereocenters. The van der Waals surface area contributed by atoms with Gasteiger partial charge in [-0.1, -0.05) is 0 Å². The smallest absolute Gasteiger partial charge is 0.306 e. The topological polar surface area (TPSA) is 76.0 Å². The molecule has 0 radical (unpaired) electrons. The molecule has 0 spiro atoms. The summed E-state index contributed by atoms with van der Waals surface area (Å²) in [5.74, 6) is -0.346. The number of hydrogen-bond acceptors (Lipinski definition) is 4. The minimum Gasteiger partial charge on any atom is -0.481 e. The molecule has 0 saturated heterocycles. The van der Waals surface area contributed by atoms with Crippen molar-refractivity contribution in [2.24, 2.45) is 5.92 Å². The summed E-state index contributed by atoms with van der Waals surface area (Å²) in [5, 5.41) is 9.09. The maximum atomic E-state index is 11.0. The molecule has 1 N–H and O–H groups in total. The Hall–Kier alpha value is -2.30. The van der Waals surface area contributed by atoms with Gasteiger partial charge in [0.1, 0.15) is 0 Å². The lowest BCUT2D eigenvalue weighted by Crippen LogP contribution is -2.23. The molecule has 1 aliphatic rings. The van der Waals surface area contributed by atoms with Crippen LogP contribution in [0.1, 0.15) is 23.2 Å². The van der Waals surface area contributed by atoms with Crippen LogP contribution in [0.5, 0.6) is 0 Å². The molecule has 2 aromatic rings. The van der Waals surface area contributed by atoms with Crippen molar-refractivity contribution in [1.29, 1.82) is 0 Å².